The fourth-order valence-electron chi connectivity index (χ4n) is 3.63. The number of nitrogens with zero attached hydrogens (tertiary/aromatic N) is 2. The maximum atomic E-state index is 12.7. The zero-order valence-corrected chi connectivity index (χ0v) is 16.9. The molecule has 2 aliphatic heterocycles. The number of benzene rings is 2. The van der Waals surface area contributed by atoms with Crippen molar-refractivity contribution in [3.63, 3.8) is 0 Å². The van der Waals surface area contributed by atoms with Crippen LogP contribution in [0, 0.1) is 12.8 Å². The topological polar surface area (TPSA) is 78.8 Å². The van der Waals surface area contributed by atoms with Crippen LogP contribution in [-0.4, -0.2) is 38.2 Å². The predicted molar refractivity (Wildman–Crippen MR) is 109 cm³/mol. The molecule has 2 aromatic carbocycles. The lowest BCUT2D eigenvalue weighted by Gasteiger charge is -2.32. The van der Waals surface area contributed by atoms with Crippen LogP contribution in [-0.2, 0) is 14.8 Å². The Morgan fingerprint density at radius 2 is 1.89 bits per heavy atom. The molecule has 2 aliphatic rings. The molecule has 0 radical (unpaired) electrons. The van der Waals surface area contributed by atoms with Gasteiger partial charge in [-0.3, -0.25) is 4.79 Å². The van der Waals surface area contributed by atoms with Gasteiger partial charge in [0.1, 0.15) is 4.90 Å². The molecule has 6 nitrogen and oxygen atoms in total. The molecule has 8 heteroatoms. The highest BCUT2D eigenvalue weighted by Crippen LogP contribution is 2.30. The summed E-state index contributed by atoms with van der Waals surface area (Å²) >= 11 is 6.02. The number of hydrogen-bond acceptors (Lipinski definition) is 4. The predicted octanol–water partition coefficient (Wildman–Crippen LogP) is 3.45. The lowest BCUT2D eigenvalue weighted by molar-refractivity contribution is -0.121. The number of amides is 1. The van der Waals surface area contributed by atoms with Gasteiger partial charge in [-0.1, -0.05) is 29.8 Å². The average Bonchev–Trinajstić information content (AvgIpc) is 2.96. The first-order chi connectivity index (χ1) is 13.3. The van der Waals surface area contributed by atoms with E-state index < -0.39 is 10.0 Å². The molecule has 0 bridgehead atoms. The Balaban J connectivity index is 1.44. The molecule has 1 amide bonds. The zero-order chi connectivity index (χ0) is 19.9. The molecule has 1 N–H and O–H groups in total. The number of carbonyl (C=O) groups excluding carboxylic acids is 1. The van der Waals surface area contributed by atoms with Crippen LogP contribution in [0.5, 0.6) is 0 Å². The summed E-state index contributed by atoms with van der Waals surface area (Å²) in [5, 5.41) is 3.54. The minimum Gasteiger partial charge on any atom is -0.355 e. The van der Waals surface area contributed by atoms with E-state index in [-0.39, 0.29) is 16.7 Å². The molecule has 0 unspecified atom stereocenters. The van der Waals surface area contributed by atoms with Gasteiger partial charge in [-0.25, -0.2) is 0 Å². The number of halogens is 1. The third-order valence-electron chi connectivity index (χ3n) is 5.24. The van der Waals surface area contributed by atoms with Crippen LogP contribution < -0.4 is 5.32 Å². The van der Waals surface area contributed by atoms with Crippen LogP contribution >= 0.6 is 11.6 Å². The standard InChI is InChI=1S/C20H20ClN3O3S/c1-13-6-7-15(21)12-17(13)22-20(25)14-8-10-24(11-9-14)19-16-4-2-3-5-18(16)28(26,27)23-19/h2-7,12,14H,8-11H2,1H3,(H,22,25). The molecule has 0 spiro atoms. The first-order valence-corrected chi connectivity index (χ1v) is 10.9. The highest BCUT2D eigenvalue weighted by Gasteiger charge is 2.34. The second-order valence-electron chi connectivity index (χ2n) is 7.10. The van der Waals surface area contributed by atoms with Crippen molar-refractivity contribution in [3.8, 4) is 0 Å². The number of piperidine rings is 1. The lowest BCUT2D eigenvalue weighted by atomic mass is 9.95. The number of nitrogens with one attached hydrogen (secondary N) is 1. The van der Waals surface area contributed by atoms with E-state index in [1.165, 1.54) is 0 Å². The Hall–Kier alpha value is -2.38. The number of hydrogen-bond donors (Lipinski definition) is 1. The van der Waals surface area contributed by atoms with Gasteiger partial charge in [0.25, 0.3) is 10.0 Å². The highest BCUT2D eigenvalue weighted by atomic mass is 35.5. The quantitative estimate of drug-likeness (QED) is 0.811. The molecule has 0 aliphatic carbocycles. The molecule has 2 aromatic rings. The van der Waals surface area contributed by atoms with Gasteiger partial charge >= 0.3 is 0 Å². The van der Waals surface area contributed by atoms with Crippen molar-refractivity contribution in [2.24, 2.45) is 10.3 Å². The number of fused-ring (bicyclic) bond motifs is 1. The Morgan fingerprint density at radius 1 is 1.18 bits per heavy atom. The number of anilines is 1. The van der Waals surface area contributed by atoms with Crippen LogP contribution in [0.3, 0.4) is 0 Å². The summed E-state index contributed by atoms with van der Waals surface area (Å²) < 4.78 is 28.5. The van der Waals surface area contributed by atoms with Gasteiger partial charge in [0, 0.05) is 35.3 Å². The van der Waals surface area contributed by atoms with Gasteiger partial charge in [-0.15, -0.1) is 4.40 Å². The maximum absolute atomic E-state index is 12.7. The molecule has 1 saturated heterocycles. The van der Waals surface area contributed by atoms with E-state index in [0.29, 0.717) is 42.4 Å². The molecule has 4 rings (SSSR count). The van der Waals surface area contributed by atoms with E-state index in [0.717, 1.165) is 11.3 Å². The largest absolute Gasteiger partial charge is 0.355 e. The minimum absolute atomic E-state index is 0.0357. The molecule has 1 fully saturated rings. The van der Waals surface area contributed by atoms with Crippen LogP contribution in [0.1, 0.15) is 24.0 Å². The summed E-state index contributed by atoms with van der Waals surface area (Å²) in [5.74, 6) is 0.315. The smallest absolute Gasteiger partial charge is 0.285 e. The summed E-state index contributed by atoms with van der Waals surface area (Å²) in [6, 6.07) is 12.3. The molecule has 0 aromatic heterocycles. The van der Waals surface area contributed by atoms with Gasteiger partial charge in [0.15, 0.2) is 5.84 Å². The van der Waals surface area contributed by atoms with Crippen molar-refractivity contribution >= 4 is 39.1 Å². The number of aryl methyl sites for hydroxylation is 1. The minimum atomic E-state index is -3.63. The maximum Gasteiger partial charge on any atom is 0.285 e. The molecule has 2 heterocycles. The number of likely N-dealkylation sites (tertiary alicyclic amines) is 1. The fourth-order valence-corrected chi connectivity index (χ4v) is 5.03. The Bertz CT molecular complexity index is 1070. The van der Waals surface area contributed by atoms with Crippen molar-refractivity contribution < 1.29 is 13.2 Å². The third kappa shape index (κ3) is 3.52. The summed E-state index contributed by atoms with van der Waals surface area (Å²) in [7, 11) is -3.63. The number of amidine groups is 1. The second kappa shape index (κ2) is 7.22. The van der Waals surface area contributed by atoms with Crippen LogP contribution in [0.4, 0.5) is 5.69 Å². The molecular weight excluding hydrogens is 398 g/mol. The van der Waals surface area contributed by atoms with Crippen molar-refractivity contribution in [1.29, 1.82) is 0 Å². The van der Waals surface area contributed by atoms with E-state index in [2.05, 4.69) is 9.71 Å². The molecule has 146 valence electrons. The first-order valence-electron chi connectivity index (χ1n) is 9.11. The van der Waals surface area contributed by atoms with Gasteiger partial charge < -0.3 is 10.2 Å². The van der Waals surface area contributed by atoms with E-state index in [1.54, 1.807) is 30.3 Å². The van der Waals surface area contributed by atoms with E-state index in [1.807, 2.05) is 24.0 Å². The van der Waals surface area contributed by atoms with Crippen molar-refractivity contribution in [1.82, 2.24) is 4.90 Å². The van der Waals surface area contributed by atoms with Crippen LogP contribution in [0.15, 0.2) is 51.8 Å². The molecule has 0 atom stereocenters. The number of sulfonamides is 1. The SMILES string of the molecule is Cc1ccc(Cl)cc1NC(=O)C1CCN(C2=NS(=O)(=O)c3ccccc32)CC1. The summed E-state index contributed by atoms with van der Waals surface area (Å²) in [5.41, 5.74) is 2.32. The van der Waals surface area contributed by atoms with Crippen molar-refractivity contribution in [3.05, 3.63) is 58.6 Å². The van der Waals surface area contributed by atoms with E-state index >= 15 is 0 Å². The van der Waals surface area contributed by atoms with Crippen molar-refractivity contribution in [2.45, 2.75) is 24.7 Å². The third-order valence-corrected chi connectivity index (χ3v) is 6.80. The van der Waals surface area contributed by atoms with Gasteiger partial charge in [0.2, 0.25) is 5.91 Å². The fraction of sp³-hybridized carbons (Fsp3) is 0.300. The lowest BCUT2D eigenvalue weighted by Crippen LogP contribution is -2.41. The Morgan fingerprint density at radius 3 is 2.64 bits per heavy atom. The number of carbonyl (C=O) groups is 1. The van der Waals surface area contributed by atoms with Gasteiger partial charge in [-0.2, -0.15) is 8.42 Å². The monoisotopic (exact) mass is 417 g/mol. The van der Waals surface area contributed by atoms with Crippen molar-refractivity contribution in [2.75, 3.05) is 18.4 Å². The average molecular weight is 418 g/mol. The molecule has 28 heavy (non-hydrogen) atoms. The van der Waals surface area contributed by atoms with E-state index in [9.17, 15) is 13.2 Å². The molecule has 0 saturated carbocycles. The Kier molecular flexibility index (Phi) is 4.89. The molecular formula is C20H20ClN3O3S. The first kappa shape index (κ1) is 19.0. The zero-order valence-electron chi connectivity index (χ0n) is 15.4. The summed E-state index contributed by atoms with van der Waals surface area (Å²) in [6.45, 7) is 3.08. The Labute approximate surface area is 169 Å². The second-order valence-corrected chi connectivity index (χ2v) is 9.10. The van der Waals surface area contributed by atoms with Gasteiger partial charge in [0.05, 0.1) is 0 Å². The van der Waals surface area contributed by atoms with E-state index in [4.69, 9.17) is 11.6 Å². The van der Waals surface area contributed by atoms with Crippen LogP contribution in [0.2, 0.25) is 5.02 Å². The number of rotatable bonds is 2. The highest BCUT2D eigenvalue weighted by molar-refractivity contribution is 7.90. The normalized spacial score (nSPS) is 18.5. The summed E-state index contributed by atoms with van der Waals surface area (Å²) in [4.78, 5) is 14.9. The van der Waals surface area contributed by atoms with Gasteiger partial charge in [-0.05, 0) is 49.6 Å². The summed E-state index contributed by atoms with van der Waals surface area (Å²) in [6.07, 6.45) is 1.26. The van der Waals surface area contributed by atoms with Crippen LogP contribution in [0.25, 0.3) is 0 Å².